The topological polar surface area (TPSA) is 3.24 Å². The van der Waals surface area contributed by atoms with Crippen LogP contribution in [0.4, 0.5) is 26.3 Å². The van der Waals surface area contributed by atoms with E-state index in [9.17, 15) is 17.6 Å². The van der Waals surface area contributed by atoms with Crippen molar-refractivity contribution in [3.63, 3.8) is 0 Å². The lowest BCUT2D eigenvalue weighted by Gasteiger charge is -2.42. The molecule has 0 aromatic heterocycles. The van der Waals surface area contributed by atoms with Crippen LogP contribution in [0.3, 0.4) is 0 Å². The van der Waals surface area contributed by atoms with Crippen LogP contribution < -0.4 is 0 Å². The van der Waals surface area contributed by atoms with Crippen LogP contribution >= 0.6 is 0 Å². The first-order valence-corrected chi connectivity index (χ1v) is 19.4. The normalized spacial score (nSPS) is 15.9. The van der Waals surface area contributed by atoms with Crippen LogP contribution in [0.25, 0.3) is 54.9 Å². The van der Waals surface area contributed by atoms with Crippen molar-refractivity contribution >= 4 is 21.5 Å². The highest BCUT2D eigenvalue weighted by molar-refractivity contribution is 6.11. The second kappa shape index (κ2) is 15.3. The Morgan fingerprint density at radius 1 is 0.500 bits per heavy atom. The predicted molar refractivity (Wildman–Crippen MR) is 206 cm³/mol. The molecule has 0 N–H and O–H groups in total. The van der Waals surface area contributed by atoms with Gasteiger partial charge in [-0.25, -0.2) is 26.3 Å². The summed E-state index contributed by atoms with van der Waals surface area (Å²) in [6.45, 7) is 2.48. The molecule has 6 aromatic rings. The molecule has 2 fully saturated rings. The van der Waals surface area contributed by atoms with E-state index in [4.69, 9.17) is 0 Å². The highest BCUT2D eigenvalue weighted by atomic mass is 19.2. The molecule has 278 valence electrons. The van der Waals surface area contributed by atoms with Gasteiger partial charge in [-0.1, -0.05) is 94.0 Å². The summed E-state index contributed by atoms with van der Waals surface area (Å²) in [5, 5.41) is 3.47. The molecule has 6 aromatic carbocycles. The molecular formula is C47H43F6N. The van der Waals surface area contributed by atoms with Crippen molar-refractivity contribution in [3.05, 3.63) is 131 Å². The minimum atomic E-state index is -1.52. The van der Waals surface area contributed by atoms with Gasteiger partial charge < -0.3 is 0 Å². The molecule has 2 saturated carbocycles. The van der Waals surface area contributed by atoms with Crippen LogP contribution in [0, 0.1) is 34.9 Å². The van der Waals surface area contributed by atoms with Gasteiger partial charge in [0, 0.05) is 18.6 Å². The summed E-state index contributed by atoms with van der Waals surface area (Å²) in [6.07, 6.45) is 11.6. The molecule has 54 heavy (non-hydrogen) atoms. The second-order valence-corrected chi connectivity index (χ2v) is 15.1. The Labute approximate surface area is 312 Å². The molecule has 0 radical (unpaired) electrons. The summed E-state index contributed by atoms with van der Waals surface area (Å²) in [4.78, 5) is 2.65. The fraction of sp³-hybridized carbons (Fsp3) is 0.319. The van der Waals surface area contributed by atoms with Crippen molar-refractivity contribution in [2.24, 2.45) is 0 Å². The largest absolute Gasteiger partial charge is 0.293 e. The van der Waals surface area contributed by atoms with E-state index in [1.807, 2.05) is 67.6 Å². The molecule has 2 aliphatic rings. The highest BCUT2D eigenvalue weighted by Crippen LogP contribution is 2.48. The lowest BCUT2D eigenvalue weighted by Crippen LogP contribution is -2.44. The Hall–Kier alpha value is -4.62. The maximum absolute atomic E-state index is 15.2. The third-order valence-electron chi connectivity index (χ3n) is 11.9. The van der Waals surface area contributed by atoms with E-state index in [0.29, 0.717) is 36.2 Å². The number of hydrogen-bond acceptors (Lipinski definition) is 1. The molecule has 0 amide bonds. The van der Waals surface area contributed by atoms with Gasteiger partial charge in [0.2, 0.25) is 0 Å². The molecule has 2 aliphatic carbocycles. The van der Waals surface area contributed by atoms with Gasteiger partial charge >= 0.3 is 0 Å². The average molecular weight is 736 g/mol. The zero-order chi connectivity index (χ0) is 37.5. The van der Waals surface area contributed by atoms with E-state index in [1.165, 1.54) is 12.8 Å². The molecule has 1 nitrogen and oxygen atoms in total. The number of fused-ring (bicyclic) bond motifs is 2. The molecule has 0 unspecified atom stereocenters. The standard InChI is InChI=1S/C47H43F6N/c1-2-34-37(30-23-40(48)46(52)41(49)24-30)21-28-13-9-11-19-35(28)44(34)45-36-20-12-10-14-29(36)22-38(31-25-42(50)47(53)43(51)26-31)39(45)27-54(32-15-5-3-6-16-32)33-17-7-4-8-18-33/h9-14,19-26,32-33H,2-8,15-18,27H2,1H3. The maximum Gasteiger partial charge on any atom is 0.194 e. The zero-order valence-electron chi connectivity index (χ0n) is 30.4. The van der Waals surface area contributed by atoms with E-state index >= 15 is 8.78 Å². The van der Waals surface area contributed by atoms with E-state index in [0.717, 1.165) is 119 Å². The van der Waals surface area contributed by atoms with Crippen LogP contribution in [-0.2, 0) is 13.0 Å². The summed E-state index contributed by atoms with van der Waals surface area (Å²) < 4.78 is 89.0. The average Bonchev–Trinajstić information content (AvgIpc) is 3.20. The SMILES string of the molecule is CCc1c(-c2cc(F)c(F)c(F)c2)cc2ccccc2c1-c1c(CN(C2CCCCC2)C2CCCCC2)c(-c2cc(F)c(F)c(F)c2)cc2ccccc12. The third-order valence-corrected chi connectivity index (χ3v) is 11.9. The van der Waals surface area contributed by atoms with Gasteiger partial charge in [-0.2, -0.15) is 0 Å². The second-order valence-electron chi connectivity index (χ2n) is 15.1. The number of rotatable bonds is 8. The van der Waals surface area contributed by atoms with E-state index in [1.54, 1.807) is 0 Å². The van der Waals surface area contributed by atoms with Gasteiger partial charge in [-0.05, 0) is 135 Å². The fourth-order valence-electron chi connectivity index (χ4n) is 9.38. The Balaban J connectivity index is 1.50. The molecule has 8 rings (SSSR count). The van der Waals surface area contributed by atoms with Gasteiger partial charge in [0.1, 0.15) is 0 Å². The van der Waals surface area contributed by atoms with Gasteiger partial charge in [0.15, 0.2) is 34.9 Å². The molecule has 0 atom stereocenters. The summed E-state index contributed by atoms with van der Waals surface area (Å²) in [5.41, 5.74) is 5.01. The maximum atomic E-state index is 15.2. The van der Waals surface area contributed by atoms with Crippen LogP contribution in [0.15, 0.2) is 84.9 Å². The summed E-state index contributed by atoms with van der Waals surface area (Å²) in [5.74, 6) is -8.11. The van der Waals surface area contributed by atoms with Crippen LogP contribution in [0.2, 0.25) is 0 Å². The summed E-state index contributed by atoms with van der Waals surface area (Å²) in [6, 6.07) is 24.5. The van der Waals surface area contributed by atoms with Gasteiger partial charge in [0.05, 0.1) is 0 Å². The van der Waals surface area contributed by atoms with Crippen LogP contribution in [-0.4, -0.2) is 17.0 Å². The van der Waals surface area contributed by atoms with E-state index in [2.05, 4.69) is 4.90 Å². The van der Waals surface area contributed by atoms with Crippen molar-refractivity contribution in [3.8, 4) is 33.4 Å². The van der Waals surface area contributed by atoms with Crippen molar-refractivity contribution in [2.45, 2.75) is 96.2 Å². The smallest absolute Gasteiger partial charge is 0.194 e. The Morgan fingerprint density at radius 2 is 0.889 bits per heavy atom. The Morgan fingerprint density at radius 3 is 1.31 bits per heavy atom. The highest BCUT2D eigenvalue weighted by Gasteiger charge is 2.32. The molecule has 0 heterocycles. The van der Waals surface area contributed by atoms with Crippen LogP contribution in [0.1, 0.15) is 82.3 Å². The van der Waals surface area contributed by atoms with Crippen molar-refractivity contribution in [2.75, 3.05) is 0 Å². The molecule has 7 heteroatoms. The minimum Gasteiger partial charge on any atom is -0.293 e. The number of halogens is 6. The Kier molecular flexibility index (Phi) is 10.3. The van der Waals surface area contributed by atoms with Gasteiger partial charge in [0.25, 0.3) is 0 Å². The number of nitrogens with zero attached hydrogens (tertiary/aromatic N) is 1. The predicted octanol–water partition coefficient (Wildman–Crippen LogP) is 13.9. The van der Waals surface area contributed by atoms with E-state index < -0.39 is 34.9 Å². The first kappa shape index (κ1) is 36.4. The molecule has 0 bridgehead atoms. The van der Waals surface area contributed by atoms with Crippen molar-refractivity contribution in [1.29, 1.82) is 0 Å². The zero-order valence-corrected chi connectivity index (χ0v) is 30.4. The van der Waals surface area contributed by atoms with Crippen molar-refractivity contribution < 1.29 is 26.3 Å². The molecular weight excluding hydrogens is 693 g/mol. The molecule has 0 saturated heterocycles. The molecule has 0 spiro atoms. The minimum absolute atomic E-state index is 0.214. The lowest BCUT2D eigenvalue weighted by molar-refractivity contribution is 0.0734. The first-order chi connectivity index (χ1) is 26.2. The first-order valence-electron chi connectivity index (χ1n) is 19.4. The number of hydrogen-bond donors (Lipinski definition) is 0. The lowest BCUT2D eigenvalue weighted by atomic mass is 9.79. The van der Waals surface area contributed by atoms with Crippen molar-refractivity contribution in [1.82, 2.24) is 4.90 Å². The molecule has 0 aliphatic heterocycles. The van der Waals surface area contributed by atoms with Gasteiger partial charge in [-0.15, -0.1) is 0 Å². The quantitative estimate of drug-likeness (QED) is 0.111. The number of benzene rings is 6. The Bertz CT molecular complexity index is 2290. The van der Waals surface area contributed by atoms with Crippen LogP contribution in [0.5, 0.6) is 0 Å². The summed E-state index contributed by atoms with van der Waals surface area (Å²) >= 11 is 0. The van der Waals surface area contributed by atoms with E-state index in [-0.39, 0.29) is 11.1 Å². The fourth-order valence-corrected chi connectivity index (χ4v) is 9.38. The monoisotopic (exact) mass is 735 g/mol. The third kappa shape index (κ3) is 6.70. The summed E-state index contributed by atoms with van der Waals surface area (Å²) in [7, 11) is 0. The van der Waals surface area contributed by atoms with Gasteiger partial charge in [-0.3, -0.25) is 4.90 Å².